The van der Waals surface area contributed by atoms with Crippen molar-refractivity contribution in [1.29, 1.82) is 0 Å². The second-order valence-corrected chi connectivity index (χ2v) is 9.53. The minimum atomic E-state index is 0.728. The standard InChI is InChI=1S/C31H23N3S/c1-2-30-32-28-19-25(17-18-29(28)35-30)21-13-15-23(16-14-21)27-20-26(22-9-5-3-6-10-22)33-31(34-27)24-11-7-4-8-12-24/h3-20H,2H2,1H3. The summed E-state index contributed by atoms with van der Waals surface area (Å²) in [6.45, 7) is 2.15. The highest BCUT2D eigenvalue weighted by Crippen LogP contribution is 2.31. The van der Waals surface area contributed by atoms with Crippen LogP contribution in [0.15, 0.2) is 109 Å². The smallest absolute Gasteiger partial charge is 0.160 e. The molecule has 0 aliphatic rings. The molecule has 0 N–H and O–H groups in total. The number of benzene rings is 4. The van der Waals surface area contributed by atoms with Gasteiger partial charge in [0.15, 0.2) is 5.82 Å². The van der Waals surface area contributed by atoms with Crippen LogP contribution < -0.4 is 0 Å². The molecule has 0 radical (unpaired) electrons. The summed E-state index contributed by atoms with van der Waals surface area (Å²) < 4.78 is 1.24. The number of aryl methyl sites for hydroxylation is 1. The Morgan fingerprint density at radius 1 is 0.543 bits per heavy atom. The lowest BCUT2D eigenvalue weighted by molar-refractivity contribution is 1.11. The van der Waals surface area contributed by atoms with Crippen molar-refractivity contribution >= 4 is 21.6 Å². The van der Waals surface area contributed by atoms with Crippen molar-refractivity contribution in [3.8, 4) is 45.0 Å². The molecular formula is C31H23N3S. The van der Waals surface area contributed by atoms with E-state index in [4.69, 9.17) is 15.0 Å². The van der Waals surface area contributed by atoms with E-state index in [1.165, 1.54) is 20.8 Å². The Labute approximate surface area is 208 Å². The van der Waals surface area contributed by atoms with E-state index >= 15 is 0 Å². The van der Waals surface area contributed by atoms with Gasteiger partial charge in [0.1, 0.15) is 0 Å². The van der Waals surface area contributed by atoms with E-state index in [0.29, 0.717) is 0 Å². The number of thiazole rings is 1. The van der Waals surface area contributed by atoms with Gasteiger partial charge in [0, 0.05) is 16.7 Å². The predicted octanol–water partition coefficient (Wildman–Crippen LogP) is 8.32. The number of hydrogen-bond donors (Lipinski definition) is 0. The molecule has 6 aromatic rings. The Kier molecular flexibility index (Phi) is 5.65. The van der Waals surface area contributed by atoms with E-state index in [1.807, 2.05) is 36.4 Å². The van der Waals surface area contributed by atoms with Gasteiger partial charge in [0.25, 0.3) is 0 Å². The Balaban J connectivity index is 1.40. The Hall–Kier alpha value is -4.15. The molecule has 6 rings (SSSR count). The van der Waals surface area contributed by atoms with E-state index in [2.05, 4.69) is 79.7 Å². The highest BCUT2D eigenvalue weighted by molar-refractivity contribution is 7.18. The van der Waals surface area contributed by atoms with Gasteiger partial charge in [-0.25, -0.2) is 15.0 Å². The zero-order valence-corrected chi connectivity index (χ0v) is 20.2. The first-order chi connectivity index (χ1) is 17.3. The molecule has 35 heavy (non-hydrogen) atoms. The van der Waals surface area contributed by atoms with Crippen LogP contribution in [0.4, 0.5) is 0 Å². The molecule has 0 bridgehead atoms. The Bertz CT molecular complexity index is 1550. The van der Waals surface area contributed by atoms with Crippen LogP contribution in [0, 0.1) is 0 Å². The van der Waals surface area contributed by atoms with Gasteiger partial charge in [0.05, 0.1) is 26.6 Å². The average Bonchev–Trinajstić information content (AvgIpc) is 3.37. The minimum absolute atomic E-state index is 0.728. The van der Waals surface area contributed by atoms with Crippen LogP contribution in [-0.4, -0.2) is 15.0 Å². The van der Waals surface area contributed by atoms with Gasteiger partial charge in [-0.1, -0.05) is 97.9 Å². The molecule has 4 heteroatoms. The number of aromatic nitrogens is 3. The van der Waals surface area contributed by atoms with Crippen molar-refractivity contribution in [3.05, 3.63) is 114 Å². The third kappa shape index (κ3) is 4.36. The monoisotopic (exact) mass is 469 g/mol. The molecule has 2 heterocycles. The molecule has 3 nitrogen and oxygen atoms in total. The van der Waals surface area contributed by atoms with E-state index in [1.54, 1.807) is 11.3 Å². The van der Waals surface area contributed by atoms with Crippen molar-refractivity contribution < 1.29 is 0 Å². The molecule has 0 spiro atoms. The van der Waals surface area contributed by atoms with Gasteiger partial charge in [-0.3, -0.25) is 0 Å². The van der Waals surface area contributed by atoms with Crippen molar-refractivity contribution in [2.75, 3.05) is 0 Å². The molecule has 0 unspecified atom stereocenters. The molecular weight excluding hydrogens is 446 g/mol. The van der Waals surface area contributed by atoms with Crippen LogP contribution in [0.5, 0.6) is 0 Å². The minimum Gasteiger partial charge on any atom is -0.241 e. The normalized spacial score (nSPS) is 11.1. The maximum absolute atomic E-state index is 4.94. The quantitative estimate of drug-likeness (QED) is 0.255. The van der Waals surface area contributed by atoms with Crippen molar-refractivity contribution in [1.82, 2.24) is 15.0 Å². The SMILES string of the molecule is CCc1nc2cc(-c3ccc(-c4cc(-c5ccccc5)nc(-c5ccccc5)n4)cc3)ccc2s1. The average molecular weight is 470 g/mol. The topological polar surface area (TPSA) is 38.7 Å². The second kappa shape index (κ2) is 9.24. The molecule has 168 valence electrons. The fraction of sp³-hybridized carbons (Fsp3) is 0.0645. The predicted molar refractivity (Wildman–Crippen MR) is 146 cm³/mol. The van der Waals surface area contributed by atoms with E-state index in [-0.39, 0.29) is 0 Å². The van der Waals surface area contributed by atoms with Gasteiger partial charge < -0.3 is 0 Å². The van der Waals surface area contributed by atoms with Gasteiger partial charge >= 0.3 is 0 Å². The second-order valence-electron chi connectivity index (χ2n) is 8.42. The molecule has 0 aliphatic heterocycles. The van der Waals surface area contributed by atoms with E-state index in [9.17, 15) is 0 Å². The lowest BCUT2D eigenvalue weighted by atomic mass is 10.0. The fourth-order valence-corrected chi connectivity index (χ4v) is 5.10. The first kappa shape index (κ1) is 21.4. The summed E-state index contributed by atoms with van der Waals surface area (Å²) in [6, 6.07) is 37.7. The Morgan fingerprint density at radius 2 is 1.11 bits per heavy atom. The number of hydrogen-bond acceptors (Lipinski definition) is 4. The molecule has 2 aromatic heterocycles. The van der Waals surface area contributed by atoms with Crippen LogP contribution in [0.3, 0.4) is 0 Å². The van der Waals surface area contributed by atoms with Crippen LogP contribution in [-0.2, 0) is 6.42 Å². The molecule has 4 aromatic carbocycles. The summed E-state index contributed by atoms with van der Waals surface area (Å²) in [6.07, 6.45) is 0.970. The number of fused-ring (bicyclic) bond motifs is 1. The molecule has 0 atom stereocenters. The summed E-state index contributed by atoms with van der Waals surface area (Å²) >= 11 is 1.77. The molecule has 0 saturated heterocycles. The van der Waals surface area contributed by atoms with Gasteiger partial charge in [-0.05, 0) is 35.7 Å². The molecule has 0 amide bonds. The zero-order valence-electron chi connectivity index (χ0n) is 19.3. The summed E-state index contributed by atoms with van der Waals surface area (Å²) in [5.41, 5.74) is 8.39. The van der Waals surface area contributed by atoms with Crippen LogP contribution in [0.2, 0.25) is 0 Å². The maximum atomic E-state index is 4.94. The third-order valence-electron chi connectivity index (χ3n) is 6.08. The Morgan fingerprint density at radius 3 is 1.77 bits per heavy atom. The largest absolute Gasteiger partial charge is 0.241 e. The molecule has 0 saturated carbocycles. The van der Waals surface area contributed by atoms with Crippen LogP contribution >= 0.6 is 11.3 Å². The summed E-state index contributed by atoms with van der Waals surface area (Å²) in [7, 11) is 0. The highest BCUT2D eigenvalue weighted by atomic mass is 32.1. The van der Waals surface area contributed by atoms with Gasteiger partial charge in [-0.2, -0.15) is 0 Å². The fourth-order valence-electron chi connectivity index (χ4n) is 4.21. The van der Waals surface area contributed by atoms with Crippen molar-refractivity contribution in [2.45, 2.75) is 13.3 Å². The summed E-state index contributed by atoms with van der Waals surface area (Å²) in [5.74, 6) is 0.728. The van der Waals surface area contributed by atoms with E-state index in [0.717, 1.165) is 45.8 Å². The first-order valence-electron chi connectivity index (χ1n) is 11.8. The van der Waals surface area contributed by atoms with Crippen LogP contribution in [0.1, 0.15) is 11.9 Å². The van der Waals surface area contributed by atoms with Gasteiger partial charge in [-0.15, -0.1) is 11.3 Å². The van der Waals surface area contributed by atoms with Gasteiger partial charge in [0.2, 0.25) is 0 Å². The van der Waals surface area contributed by atoms with Crippen molar-refractivity contribution in [2.24, 2.45) is 0 Å². The van der Waals surface area contributed by atoms with Crippen LogP contribution in [0.25, 0.3) is 55.2 Å². The third-order valence-corrected chi connectivity index (χ3v) is 7.26. The van der Waals surface area contributed by atoms with E-state index < -0.39 is 0 Å². The molecule has 0 aliphatic carbocycles. The summed E-state index contributed by atoms with van der Waals surface area (Å²) in [4.78, 5) is 14.6. The number of rotatable bonds is 5. The zero-order chi connectivity index (χ0) is 23.6. The lowest BCUT2D eigenvalue weighted by Gasteiger charge is -2.10. The lowest BCUT2D eigenvalue weighted by Crippen LogP contribution is -1.95. The number of nitrogens with zero attached hydrogens (tertiary/aromatic N) is 3. The molecule has 0 fully saturated rings. The highest BCUT2D eigenvalue weighted by Gasteiger charge is 2.11. The summed E-state index contributed by atoms with van der Waals surface area (Å²) in [5, 5.41) is 1.18. The van der Waals surface area contributed by atoms with Crippen molar-refractivity contribution in [3.63, 3.8) is 0 Å². The maximum Gasteiger partial charge on any atom is 0.160 e. The first-order valence-corrected chi connectivity index (χ1v) is 12.6.